The zero-order valence-corrected chi connectivity index (χ0v) is 12.8. The van der Waals surface area contributed by atoms with Crippen LogP contribution in [0.1, 0.15) is 29.0 Å². The number of carbonyl (C=O) groups is 2. The van der Waals surface area contributed by atoms with Gasteiger partial charge in [-0.3, -0.25) is 14.7 Å². The largest absolute Gasteiger partial charge is 0.481 e. The summed E-state index contributed by atoms with van der Waals surface area (Å²) in [6.07, 6.45) is 1.35. The highest BCUT2D eigenvalue weighted by molar-refractivity contribution is 5.95. The number of aliphatic carboxylic acids is 1. The van der Waals surface area contributed by atoms with Crippen LogP contribution in [0.4, 0.5) is 0 Å². The van der Waals surface area contributed by atoms with Crippen LogP contribution in [0.15, 0.2) is 24.3 Å². The van der Waals surface area contributed by atoms with E-state index in [4.69, 9.17) is 5.11 Å². The van der Waals surface area contributed by atoms with Crippen LogP contribution in [0.2, 0.25) is 0 Å². The van der Waals surface area contributed by atoms with E-state index < -0.39 is 11.9 Å². The highest BCUT2D eigenvalue weighted by Gasteiger charge is 2.28. The van der Waals surface area contributed by atoms with Gasteiger partial charge in [0.2, 0.25) is 0 Å². The second-order valence-corrected chi connectivity index (χ2v) is 5.75. The standard InChI is InChI=1S/C16H18N4O3/c1-10-17-14(19-18-10)11-4-6-12(7-5-11)15(21)20-8-2-3-13(9-20)16(22)23/h4-7,13H,2-3,8-9H2,1H3,(H,22,23)(H,17,18,19)/t13-/m0/s1. The molecule has 2 N–H and O–H groups in total. The number of nitrogens with zero attached hydrogens (tertiary/aromatic N) is 3. The van der Waals surface area contributed by atoms with E-state index in [2.05, 4.69) is 15.2 Å². The summed E-state index contributed by atoms with van der Waals surface area (Å²) in [5.74, 6) is -0.117. The van der Waals surface area contributed by atoms with Crippen molar-refractivity contribution in [1.82, 2.24) is 20.1 Å². The molecule has 1 amide bonds. The van der Waals surface area contributed by atoms with Crippen LogP contribution in [0, 0.1) is 12.8 Å². The average molecular weight is 314 g/mol. The number of carbonyl (C=O) groups excluding carboxylic acids is 1. The quantitative estimate of drug-likeness (QED) is 0.898. The van der Waals surface area contributed by atoms with Gasteiger partial charge in [-0.25, -0.2) is 4.98 Å². The fourth-order valence-corrected chi connectivity index (χ4v) is 2.78. The summed E-state index contributed by atoms with van der Waals surface area (Å²) in [5.41, 5.74) is 1.38. The smallest absolute Gasteiger partial charge is 0.308 e. The first-order chi connectivity index (χ1) is 11.0. The predicted octanol–water partition coefficient (Wildman–Crippen LogP) is 1.72. The fraction of sp³-hybridized carbons (Fsp3) is 0.375. The third kappa shape index (κ3) is 3.23. The summed E-state index contributed by atoms with van der Waals surface area (Å²) in [4.78, 5) is 29.5. The maximum Gasteiger partial charge on any atom is 0.308 e. The number of hydrogen-bond acceptors (Lipinski definition) is 4. The number of likely N-dealkylation sites (tertiary alicyclic amines) is 1. The number of hydrogen-bond donors (Lipinski definition) is 2. The van der Waals surface area contributed by atoms with Gasteiger partial charge in [-0.05, 0) is 31.9 Å². The molecule has 0 bridgehead atoms. The second kappa shape index (κ2) is 6.20. The number of aromatic amines is 1. The Hall–Kier alpha value is -2.70. The van der Waals surface area contributed by atoms with Crippen LogP contribution in [-0.4, -0.2) is 50.2 Å². The number of nitrogens with one attached hydrogen (secondary N) is 1. The molecule has 1 fully saturated rings. The van der Waals surface area contributed by atoms with Crippen molar-refractivity contribution in [1.29, 1.82) is 0 Å². The van der Waals surface area contributed by atoms with Crippen molar-refractivity contribution in [2.75, 3.05) is 13.1 Å². The molecule has 0 radical (unpaired) electrons. The molecule has 23 heavy (non-hydrogen) atoms. The molecule has 0 aliphatic carbocycles. The first-order valence-electron chi connectivity index (χ1n) is 7.56. The third-order valence-electron chi connectivity index (χ3n) is 4.05. The first kappa shape index (κ1) is 15.2. The molecular weight excluding hydrogens is 296 g/mol. The molecule has 0 spiro atoms. The van der Waals surface area contributed by atoms with E-state index in [1.54, 1.807) is 29.2 Å². The summed E-state index contributed by atoms with van der Waals surface area (Å²) in [6.45, 7) is 2.70. The molecule has 1 aliphatic rings. The lowest BCUT2D eigenvalue weighted by molar-refractivity contribution is -0.143. The molecule has 1 saturated heterocycles. The molecule has 1 aromatic heterocycles. The summed E-state index contributed by atoms with van der Waals surface area (Å²) in [6, 6.07) is 7.06. The van der Waals surface area contributed by atoms with Crippen LogP contribution in [0.5, 0.6) is 0 Å². The lowest BCUT2D eigenvalue weighted by Crippen LogP contribution is -2.42. The number of carboxylic acid groups (broad SMARTS) is 1. The van der Waals surface area contributed by atoms with E-state index in [-0.39, 0.29) is 12.5 Å². The average Bonchev–Trinajstić information content (AvgIpc) is 3.01. The number of benzene rings is 1. The Morgan fingerprint density at radius 1 is 1.30 bits per heavy atom. The zero-order chi connectivity index (χ0) is 16.4. The predicted molar refractivity (Wildman–Crippen MR) is 82.8 cm³/mol. The monoisotopic (exact) mass is 314 g/mol. The minimum absolute atomic E-state index is 0.131. The van der Waals surface area contributed by atoms with Gasteiger partial charge in [-0.2, -0.15) is 5.10 Å². The summed E-state index contributed by atoms with van der Waals surface area (Å²) in [5, 5.41) is 16.0. The first-order valence-corrected chi connectivity index (χ1v) is 7.56. The Morgan fingerprint density at radius 2 is 2.04 bits per heavy atom. The van der Waals surface area contributed by atoms with E-state index in [1.807, 2.05) is 6.92 Å². The lowest BCUT2D eigenvalue weighted by atomic mass is 9.97. The third-order valence-corrected chi connectivity index (χ3v) is 4.05. The summed E-state index contributed by atoms with van der Waals surface area (Å²) < 4.78 is 0. The Bertz CT molecular complexity index is 723. The lowest BCUT2D eigenvalue weighted by Gasteiger charge is -2.30. The molecule has 1 aromatic carbocycles. The van der Waals surface area contributed by atoms with Crippen molar-refractivity contribution in [3.05, 3.63) is 35.7 Å². The number of aromatic nitrogens is 3. The Balaban J connectivity index is 1.74. The van der Waals surface area contributed by atoms with Gasteiger partial charge in [-0.15, -0.1) is 0 Å². The van der Waals surface area contributed by atoms with Crippen LogP contribution >= 0.6 is 0 Å². The van der Waals surface area contributed by atoms with Gasteiger partial charge in [-0.1, -0.05) is 12.1 Å². The molecule has 0 unspecified atom stereocenters. The van der Waals surface area contributed by atoms with E-state index in [0.29, 0.717) is 24.4 Å². The Morgan fingerprint density at radius 3 is 2.65 bits per heavy atom. The SMILES string of the molecule is Cc1nc(-c2ccc(C(=O)N3CCC[C@H](C(=O)O)C3)cc2)n[nH]1. The van der Waals surface area contributed by atoms with Crippen LogP contribution in [0.3, 0.4) is 0 Å². The van der Waals surface area contributed by atoms with Gasteiger partial charge < -0.3 is 10.0 Å². The van der Waals surface area contributed by atoms with Crippen LogP contribution in [0.25, 0.3) is 11.4 Å². The van der Waals surface area contributed by atoms with E-state index in [9.17, 15) is 9.59 Å². The summed E-state index contributed by atoms with van der Waals surface area (Å²) >= 11 is 0. The van der Waals surface area contributed by atoms with Crippen molar-refractivity contribution >= 4 is 11.9 Å². The summed E-state index contributed by atoms with van der Waals surface area (Å²) in [7, 11) is 0. The van der Waals surface area contributed by atoms with Crippen molar-refractivity contribution < 1.29 is 14.7 Å². The van der Waals surface area contributed by atoms with Gasteiger partial charge in [0.15, 0.2) is 5.82 Å². The topological polar surface area (TPSA) is 99.2 Å². The van der Waals surface area contributed by atoms with Crippen LogP contribution in [-0.2, 0) is 4.79 Å². The highest BCUT2D eigenvalue weighted by Crippen LogP contribution is 2.20. The molecule has 120 valence electrons. The van der Waals surface area contributed by atoms with Gasteiger partial charge >= 0.3 is 5.97 Å². The van der Waals surface area contributed by atoms with Gasteiger partial charge in [0.25, 0.3) is 5.91 Å². The second-order valence-electron chi connectivity index (χ2n) is 5.75. The number of aryl methyl sites for hydroxylation is 1. The number of piperidine rings is 1. The molecule has 1 atom stereocenters. The van der Waals surface area contributed by atoms with Gasteiger partial charge in [0.05, 0.1) is 5.92 Å². The normalized spacial score (nSPS) is 18.0. The molecule has 2 aromatic rings. The molecule has 1 aliphatic heterocycles. The van der Waals surface area contributed by atoms with Crippen molar-refractivity contribution in [2.24, 2.45) is 5.92 Å². The van der Waals surface area contributed by atoms with E-state index >= 15 is 0 Å². The number of amides is 1. The number of carboxylic acids is 1. The number of rotatable bonds is 3. The fourth-order valence-electron chi connectivity index (χ4n) is 2.78. The molecule has 7 nitrogen and oxygen atoms in total. The van der Waals surface area contributed by atoms with Gasteiger partial charge in [0, 0.05) is 24.2 Å². The van der Waals surface area contributed by atoms with Crippen molar-refractivity contribution in [2.45, 2.75) is 19.8 Å². The Labute approximate surface area is 133 Å². The molecule has 0 saturated carbocycles. The minimum atomic E-state index is -0.835. The van der Waals surface area contributed by atoms with Crippen LogP contribution < -0.4 is 0 Å². The van der Waals surface area contributed by atoms with E-state index in [1.165, 1.54) is 0 Å². The highest BCUT2D eigenvalue weighted by atomic mass is 16.4. The van der Waals surface area contributed by atoms with E-state index in [0.717, 1.165) is 17.8 Å². The minimum Gasteiger partial charge on any atom is -0.481 e. The zero-order valence-electron chi connectivity index (χ0n) is 12.8. The van der Waals surface area contributed by atoms with Crippen molar-refractivity contribution in [3.8, 4) is 11.4 Å². The maximum absolute atomic E-state index is 12.5. The molecule has 7 heteroatoms. The Kier molecular flexibility index (Phi) is 4.10. The molecule has 2 heterocycles. The van der Waals surface area contributed by atoms with Gasteiger partial charge in [0.1, 0.15) is 5.82 Å². The maximum atomic E-state index is 12.5. The van der Waals surface area contributed by atoms with Crippen molar-refractivity contribution in [3.63, 3.8) is 0 Å². The number of H-pyrrole nitrogens is 1. The molecular formula is C16H18N4O3. The molecule has 3 rings (SSSR count).